The van der Waals surface area contributed by atoms with Gasteiger partial charge in [0.2, 0.25) is 10.0 Å². The van der Waals surface area contributed by atoms with Crippen molar-refractivity contribution in [2.75, 3.05) is 27.2 Å². The molecule has 0 bridgehead atoms. The topological polar surface area (TPSA) is 85.8 Å². The first-order valence-corrected chi connectivity index (χ1v) is 12.3. The van der Waals surface area contributed by atoms with Gasteiger partial charge in [-0.05, 0) is 36.6 Å². The van der Waals surface area contributed by atoms with Gasteiger partial charge in [0, 0.05) is 39.3 Å². The molecule has 0 amide bonds. The molecule has 1 aliphatic rings. The van der Waals surface area contributed by atoms with Gasteiger partial charge in [0.1, 0.15) is 0 Å². The molecule has 168 valence electrons. The van der Waals surface area contributed by atoms with E-state index in [1.165, 1.54) is 12.6 Å². The van der Waals surface area contributed by atoms with Crippen LogP contribution >= 0.6 is 0 Å². The second-order valence-corrected chi connectivity index (χ2v) is 9.82. The van der Waals surface area contributed by atoms with E-state index in [1.807, 2.05) is 24.3 Å². The summed E-state index contributed by atoms with van der Waals surface area (Å²) in [5, 5.41) is 6.88. The number of likely N-dealkylation sites (tertiary alicyclic amines) is 1. The molecule has 8 heteroatoms. The fourth-order valence-electron chi connectivity index (χ4n) is 3.77. The van der Waals surface area contributed by atoms with Crippen molar-refractivity contribution in [2.24, 2.45) is 4.99 Å². The highest BCUT2D eigenvalue weighted by Gasteiger charge is 2.20. The van der Waals surface area contributed by atoms with Crippen LogP contribution in [-0.2, 0) is 28.9 Å². The molecule has 0 aliphatic carbocycles. The SMILES string of the molecule is CN=C(NCc1cccc(CS(=O)(=O)NC)c1)NC1CCN(Cc2ccccc2)CC1. The van der Waals surface area contributed by atoms with Crippen molar-refractivity contribution >= 4 is 16.0 Å². The van der Waals surface area contributed by atoms with Gasteiger partial charge in [-0.1, -0.05) is 54.6 Å². The van der Waals surface area contributed by atoms with Crippen LogP contribution < -0.4 is 15.4 Å². The van der Waals surface area contributed by atoms with E-state index >= 15 is 0 Å². The molecule has 0 spiro atoms. The normalized spacial score (nSPS) is 16.3. The van der Waals surface area contributed by atoms with Gasteiger partial charge in [0.25, 0.3) is 0 Å². The van der Waals surface area contributed by atoms with E-state index in [0.717, 1.165) is 49.6 Å². The van der Waals surface area contributed by atoms with Gasteiger partial charge in [0.15, 0.2) is 5.96 Å². The van der Waals surface area contributed by atoms with Gasteiger partial charge < -0.3 is 10.6 Å². The molecule has 0 radical (unpaired) electrons. The van der Waals surface area contributed by atoms with Gasteiger partial charge in [-0.25, -0.2) is 13.1 Å². The van der Waals surface area contributed by atoms with Crippen LogP contribution in [0.5, 0.6) is 0 Å². The number of sulfonamides is 1. The molecule has 1 fully saturated rings. The average molecular weight is 444 g/mol. The average Bonchev–Trinajstić information content (AvgIpc) is 2.78. The number of guanidine groups is 1. The molecule has 31 heavy (non-hydrogen) atoms. The van der Waals surface area contributed by atoms with Crippen molar-refractivity contribution < 1.29 is 8.42 Å². The van der Waals surface area contributed by atoms with Crippen LogP contribution in [0, 0.1) is 0 Å². The number of rotatable bonds is 8. The fraction of sp³-hybridized carbons (Fsp3) is 0.435. The van der Waals surface area contributed by atoms with Crippen LogP contribution in [0.2, 0.25) is 0 Å². The number of nitrogens with one attached hydrogen (secondary N) is 3. The minimum Gasteiger partial charge on any atom is -0.354 e. The highest BCUT2D eigenvalue weighted by Crippen LogP contribution is 2.14. The predicted octanol–water partition coefficient (Wildman–Crippen LogP) is 2.07. The molecule has 0 atom stereocenters. The number of piperidine rings is 1. The Bertz CT molecular complexity index is 955. The van der Waals surface area contributed by atoms with Crippen molar-refractivity contribution in [2.45, 2.75) is 37.7 Å². The smallest absolute Gasteiger partial charge is 0.215 e. The van der Waals surface area contributed by atoms with E-state index in [2.05, 4.69) is 55.6 Å². The Balaban J connectivity index is 1.45. The van der Waals surface area contributed by atoms with E-state index in [1.54, 1.807) is 7.05 Å². The van der Waals surface area contributed by atoms with Gasteiger partial charge >= 0.3 is 0 Å². The molecule has 1 aliphatic heterocycles. The first kappa shape index (κ1) is 23.2. The number of aliphatic imine (C=N–C) groups is 1. The highest BCUT2D eigenvalue weighted by molar-refractivity contribution is 7.88. The monoisotopic (exact) mass is 443 g/mol. The van der Waals surface area contributed by atoms with E-state index in [9.17, 15) is 8.42 Å². The maximum absolute atomic E-state index is 11.8. The summed E-state index contributed by atoms with van der Waals surface area (Å²) in [5.41, 5.74) is 3.14. The second kappa shape index (κ2) is 11.3. The lowest BCUT2D eigenvalue weighted by molar-refractivity contribution is 0.198. The van der Waals surface area contributed by atoms with Crippen molar-refractivity contribution in [3.05, 3.63) is 71.3 Å². The molecule has 1 saturated heterocycles. The molecule has 0 aromatic heterocycles. The lowest BCUT2D eigenvalue weighted by Crippen LogP contribution is -2.48. The van der Waals surface area contributed by atoms with E-state index in [4.69, 9.17) is 0 Å². The van der Waals surface area contributed by atoms with Crippen LogP contribution in [0.3, 0.4) is 0 Å². The molecular formula is C23H33N5O2S. The summed E-state index contributed by atoms with van der Waals surface area (Å²) in [5.74, 6) is 0.751. The standard InChI is InChI=1S/C23H33N5O2S/c1-24-23(26-16-20-9-6-10-21(15-20)18-31(29,30)25-2)27-22-11-13-28(14-12-22)17-19-7-4-3-5-8-19/h3-10,15,22,25H,11-14,16-18H2,1-2H3,(H2,24,26,27). The summed E-state index contributed by atoms with van der Waals surface area (Å²) in [6.07, 6.45) is 2.15. The molecule has 0 unspecified atom stereocenters. The molecular weight excluding hydrogens is 410 g/mol. The minimum absolute atomic E-state index is 0.0220. The highest BCUT2D eigenvalue weighted by atomic mass is 32.2. The number of hydrogen-bond acceptors (Lipinski definition) is 4. The fourth-order valence-corrected chi connectivity index (χ4v) is 4.53. The van der Waals surface area contributed by atoms with Crippen LogP contribution in [-0.4, -0.2) is 52.5 Å². The molecule has 3 rings (SSSR count). The van der Waals surface area contributed by atoms with Gasteiger partial charge in [-0.2, -0.15) is 0 Å². The maximum Gasteiger partial charge on any atom is 0.215 e. The Hall–Kier alpha value is -2.42. The van der Waals surface area contributed by atoms with Crippen LogP contribution in [0.4, 0.5) is 0 Å². The zero-order chi connectivity index (χ0) is 22.1. The summed E-state index contributed by atoms with van der Waals surface area (Å²) >= 11 is 0. The number of nitrogens with zero attached hydrogens (tertiary/aromatic N) is 2. The second-order valence-electron chi connectivity index (χ2n) is 7.89. The predicted molar refractivity (Wildman–Crippen MR) is 126 cm³/mol. The molecule has 3 N–H and O–H groups in total. The Morgan fingerprint density at radius 1 is 1.03 bits per heavy atom. The number of benzene rings is 2. The number of hydrogen-bond donors (Lipinski definition) is 3. The minimum atomic E-state index is -3.28. The summed E-state index contributed by atoms with van der Waals surface area (Å²) in [6.45, 7) is 3.71. The Morgan fingerprint density at radius 3 is 2.39 bits per heavy atom. The van der Waals surface area contributed by atoms with Gasteiger partial charge in [-0.3, -0.25) is 9.89 Å². The van der Waals surface area contributed by atoms with Crippen LogP contribution in [0.1, 0.15) is 29.5 Å². The van der Waals surface area contributed by atoms with E-state index < -0.39 is 10.0 Å². The quantitative estimate of drug-likeness (QED) is 0.430. The molecule has 2 aromatic carbocycles. The molecule has 7 nitrogen and oxygen atoms in total. The van der Waals surface area contributed by atoms with Crippen molar-refractivity contribution in [3.8, 4) is 0 Å². The Labute approximate surface area is 186 Å². The first-order valence-electron chi connectivity index (χ1n) is 10.7. The zero-order valence-corrected chi connectivity index (χ0v) is 19.2. The summed E-state index contributed by atoms with van der Waals surface area (Å²) < 4.78 is 25.9. The Morgan fingerprint density at radius 2 is 1.71 bits per heavy atom. The van der Waals surface area contributed by atoms with Crippen LogP contribution in [0.25, 0.3) is 0 Å². The van der Waals surface area contributed by atoms with Gasteiger partial charge in [-0.15, -0.1) is 0 Å². The molecule has 0 saturated carbocycles. The summed E-state index contributed by atoms with van der Waals surface area (Å²) in [4.78, 5) is 6.85. The third kappa shape index (κ3) is 7.65. The third-order valence-electron chi connectivity index (χ3n) is 5.52. The lowest BCUT2D eigenvalue weighted by atomic mass is 10.0. The van der Waals surface area contributed by atoms with Crippen molar-refractivity contribution in [1.82, 2.24) is 20.3 Å². The third-order valence-corrected chi connectivity index (χ3v) is 6.86. The largest absolute Gasteiger partial charge is 0.354 e. The molecule has 2 aromatic rings. The molecule has 1 heterocycles. The lowest BCUT2D eigenvalue weighted by Gasteiger charge is -2.33. The first-order chi connectivity index (χ1) is 15.0. The van der Waals surface area contributed by atoms with Crippen molar-refractivity contribution in [3.63, 3.8) is 0 Å². The summed E-state index contributed by atoms with van der Waals surface area (Å²) in [6, 6.07) is 18.6. The van der Waals surface area contributed by atoms with E-state index in [-0.39, 0.29) is 5.75 Å². The maximum atomic E-state index is 11.8. The zero-order valence-electron chi connectivity index (χ0n) is 18.3. The summed E-state index contributed by atoms with van der Waals surface area (Å²) in [7, 11) is -0.0728. The van der Waals surface area contributed by atoms with Crippen LogP contribution in [0.15, 0.2) is 59.6 Å². The van der Waals surface area contributed by atoms with E-state index in [0.29, 0.717) is 12.6 Å². The van der Waals surface area contributed by atoms with Gasteiger partial charge in [0.05, 0.1) is 5.75 Å². The van der Waals surface area contributed by atoms with Crippen molar-refractivity contribution in [1.29, 1.82) is 0 Å². The Kier molecular flexibility index (Phi) is 8.45.